The normalized spacial score (nSPS) is 18.6. The molecule has 1 aromatic carbocycles. The molecule has 3 amide bonds. The van der Waals surface area contributed by atoms with Gasteiger partial charge in [-0.25, -0.2) is 4.79 Å². The van der Waals surface area contributed by atoms with E-state index in [-0.39, 0.29) is 23.8 Å². The van der Waals surface area contributed by atoms with Crippen LogP contribution in [0, 0.1) is 5.92 Å². The molecule has 0 radical (unpaired) electrons. The Labute approximate surface area is 171 Å². The van der Waals surface area contributed by atoms with E-state index in [2.05, 4.69) is 0 Å². The van der Waals surface area contributed by atoms with Crippen molar-refractivity contribution in [2.45, 2.75) is 19.3 Å². The summed E-state index contributed by atoms with van der Waals surface area (Å²) in [6, 6.07) is 9.73. The molecule has 7 nitrogen and oxygen atoms in total. The van der Waals surface area contributed by atoms with E-state index in [1.165, 1.54) is 7.11 Å². The van der Waals surface area contributed by atoms with Gasteiger partial charge in [0.25, 0.3) is 0 Å². The predicted octanol–water partition coefficient (Wildman–Crippen LogP) is 2.24. The predicted molar refractivity (Wildman–Crippen MR) is 110 cm³/mol. The van der Waals surface area contributed by atoms with Gasteiger partial charge in [0.15, 0.2) is 0 Å². The minimum absolute atomic E-state index is 0.0109. The highest BCUT2D eigenvalue weighted by Gasteiger charge is 2.31. The van der Waals surface area contributed by atoms with Crippen molar-refractivity contribution in [1.29, 1.82) is 0 Å². The number of piperidine rings is 1. The second-order valence-electron chi connectivity index (χ2n) is 7.48. The second-order valence-corrected chi connectivity index (χ2v) is 7.48. The molecule has 0 spiro atoms. The van der Waals surface area contributed by atoms with E-state index in [9.17, 15) is 14.4 Å². The Kier molecular flexibility index (Phi) is 7.27. The van der Waals surface area contributed by atoms with Crippen molar-refractivity contribution in [3.05, 3.63) is 42.0 Å². The number of carbonyl (C=O) groups excluding carboxylic acids is 3. The fourth-order valence-corrected chi connectivity index (χ4v) is 3.89. The monoisotopic (exact) mass is 399 g/mol. The highest BCUT2D eigenvalue weighted by molar-refractivity contribution is 5.92. The lowest BCUT2D eigenvalue weighted by molar-refractivity contribution is -0.139. The van der Waals surface area contributed by atoms with E-state index in [0.29, 0.717) is 52.1 Å². The minimum Gasteiger partial charge on any atom is -0.453 e. The molecule has 2 aliphatic heterocycles. The van der Waals surface area contributed by atoms with Crippen LogP contribution in [0.15, 0.2) is 36.4 Å². The summed E-state index contributed by atoms with van der Waals surface area (Å²) >= 11 is 0. The number of likely N-dealkylation sites (tertiary alicyclic amines) is 1. The molecule has 0 unspecified atom stereocenters. The average molecular weight is 399 g/mol. The smallest absolute Gasteiger partial charge is 0.409 e. The molecule has 2 aliphatic rings. The first-order valence-electron chi connectivity index (χ1n) is 10.2. The van der Waals surface area contributed by atoms with Crippen molar-refractivity contribution in [1.82, 2.24) is 14.7 Å². The molecule has 2 heterocycles. The molecule has 2 saturated heterocycles. The lowest BCUT2D eigenvalue weighted by Crippen LogP contribution is -2.45. The first kappa shape index (κ1) is 20.9. The average Bonchev–Trinajstić information content (AvgIpc) is 3.03. The molecule has 0 atom stereocenters. The van der Waals surface area contributed by atoms with E-state index >= 15 is 0 Å². The van der Waals surface area contributed by atoms with E-state index in [0.717, 1.165) is 12.0 Å². The van der Waals surface area contributed by atoms with Crippen molar-refractivity contribution in [3.63, 3.8) is 0 Å². The summed E-state index contributed by atoms with van der Waals surface area (Å²) < 4.78 is 4.78. The quantitative estimate of drug-likeness (QED) is 0.731. The van der Waals surface area contributed by atoms with Gasteiger partial charge < -0.3 is 19.4 Å². The van der Waals surface area contributed by atoms with Gasteiger partial charge in [-0.2, -0.15) is 0 Å². The van der Waals surface area contributed by atoms with Crippen LogP contribution in [0.1, 0.15) is 24.8 Å². The lowest BCUT2D eigenvalue weighted by atomic mass is 9.95. The Morgan fingerprint density at radius 3 is 2.24 bits per heavy atom. The number of carbonyl (C=O) groups is 3. The molecular formula is C22H29N3O4. The zero-order valence-electron chi connectivity index (χ0n) is 17.0. The van der Waals surface area contributed by atoms with Crippen LogP contribution < -0.4 is 0 Å². The third-order valence-corrected chi connectivity index (χ3v) is 5.61. The first-order chi connectivity index (χ1) is 14.1. The standard InChI is InChI=1S/C22H29N3O4/c1-29-22(28)25-13-5-12-24(16-17-25)21(27)19-10-14-23(15-11-19)20(26)9-8-18-6-3-2-4-7-18/h2-4,6-9,19H,5,10-17H2,1H3/b9-8+. The summed E-state index contributed by atoms with van der Waals surface area (Å²) in [4.78, 5) is 42.3. The largest absolute Gasteiger partial charge is 0.453 e. The molecule has 3 rings (SSSR count). The van der Waals surface area contributed by atoms with Crippen LogP contribution >= 0.6 is 0 Å². The van der Waals surface area contributed by atoms with Gasteiger partial charge in [0.05, 0.1) is 7.11 Å². The Balaban J connectivity index is 1.47. The van der Waals surface area contributed by atoms with Crippen LogP contribution in [0.25, 0.3) is 6.08 Å². The van der Waals surface area contributed by atoms with Gasteiger partial charge in [-0.05, 0) is 30.9 Å². The van der Waals surface area contributed by atoms with Crippen molar-refractivity contribution in [3.8, 4) is 0 Å². The minimum atomic E-state index is -0.338. The summed E-state index contributed by atoms with van der Waals surface area (Å²) in [5.74, 6) is 0.0775. The molecule has 0 N–H and O–H groups in total. The van der Waals surface area contributed by atoms with E-state index in [1.807, 2.05) is 46.2 Å². The van der Waals surface area contributed by atoms with Crippen molar-refractivity contribution < 1.29 is 19.1 Å². The Bertz CT molecular complexity index is 742. The number of hydrogen-bond acceptors (Lipinski definition) is 4. The first-order valence-corrected chi connectivity index (χ1v) is 10.2. The van der Waals surface area contributed by atoms with Gasteiger partial charge in [0.1, 0.15) is 0 Å². The number of nitrogens with zero attached hydrogens (tertiary/aromatic N) is 3. The van der Waals surface area contributed by atoms with Crippen molar-refractivity contribution in [2.24, 2.45) is 5.92 Å². The van der Waals surface area contributed by atoms with E-state index in [1.54, 1.807) is 11.0 Å². The maximum atomic E-state index is 12.9. The zero-order valence-corrected chi connectivity index (χ0v) is 17.0. The number of amides is 3. The maximum Gasteiger partial charge on any atom is 0.409 e. The molecule has 0 aliphatic carbocycles. The van der Waals surface area contributed by atoms with Crippen molar-refractivity contribution in [2.75, 3.05) is 46.4 Å². The van der Waals surface area contributed by atoms with Crippen LogP contribution in [-0.4, -0.2) is 79.0 Å². The summed E-state index contributed by atoms with van der Waals surface area (Å²) in [6.07, 6.45) is 5.21. The Morgan fingerprint density at radius 1 is 0.897 bits per heavy atom. The summed E-state index contributed by atoms with van der Waals surface area (Å²) in [6.45, 7) is 3.49. The highest BCUT2D eigenvalue weighted by Crippen LogP contribution is 2.21. The Morgan fingerprint density at radius 2 is 1.55 bits per heavy atom. The summed E-state index contributed by atoms with van der Waals surface area (Å²) in [7, 11) is 1.38. The van der Waals surface area contributed by atoms with Crippen LogP contribution in [0.5, 0.6) is 0 Å². The number of benzene rings is 1. The van der Waals surface area contributed by atoms with Gasteiger partial charge in [0.2, 0.25) is 11.8 Å². The fourth-order valence-electron chi connectivity index (χ4n) is 3.89. The van der Waals surface area contributed by atoms with Gasteiger partial charge in [0, 0.05) is 51.3 Å². The van der Waals surface area contributed by atoms with Crippen molar-refractivity contribution >= 4 is 24.0 Å². The molecule has 29 heavy (non-hydrogen) atoms. The molecule has 7 heteroatoms. The third-order valence-electron chi connectivity index (χ3n) is 5.61. The van der Waals surface area contributed by atoms with Gasteiger partial charge >= 0.3 is 6.09 Å². The molecule has 0 bridgehead atoms. The Hall–Kier alpha value is -2.83. The highest BCUT2D eigenvalue weighted by atomic mass is 16.5. The number of hydrogen-bond donors (Lipinski definition) is 0. The summed E-state index contributed by atoms with van der Waals surface area (Å²) in [5.41, 5.74) is 0.994. The third kappa shape index (κ3) is 5.59. The number of ether oxygens (including phenoxy) is 1. The van der Waals surface area contributed by atoms with E-state index < -0.39 is 0 Å². The van der Waals surface area contributed by atoms with Crippen LogP contribution in [-0.2, 0) is 14.3 Å². The van der Waals surface area contributed by atoms with Gasteiger partial charge in [-0.15, -0.1) is 0 Å². The number of rotatable bonds is 3. The molecule has 1 aromatic rings. The lowest BCUT2D eigenvalue weighted by Gasteiger charge is -2.33. The van der Waals surface area contributed by atoms with Crippen LogP contribution in [0.2, 0.25) is 0 Å². The molecule has 0 saturated carbocycles. The molecular weight excluding hydrogens is 370 g/mol. The van der Waals surface area contributed by atoms with Crippen LogP contribution in [0.3, 0.4) is 0 Å². The SMILES string of the molecule is COC(=O)N1CCCN(C(=O)C2CCN(C(=O)/C=C/c3ccccc3)CC2)CC1. The van der Waals surface area contributed by atoms with Gasteiger partial charge in [-0.3, -0.25) is 9.59 Å². The fraction of sp³-hybridized carbons (Fsp3) is 0.500. The molecule has 0 aromatic heterocycles. The van der Waals surface area contributed by atoms with Gasteiger partial charge in [-0.1, -0.05) is 30.3 Å². The maximum absolute atomic E-state index is 12.9. The second kappa shape index (κ2) is 10.1. The molecule has 156 valence electrons. The summed E-state index contributed by atoms with van der Waals surface area (Å²) in [5, 5.41) is 0. The zero-order chi connectivity index (χ0) is 20.6. The van der Waals surface area contributed by atoms with E-state index in [4.69, 9.17) is 4.74 Å². The number of methoxy groups -OCH3 is 1. The molecule has 2 fully saturated rings. The topological polar surface area (TPSA) is 70.2 Å². The van der Waals surface area contributed by atoms with Crippen LogP contribution in [0.4, 0.5) is 4.79 Å².